The fourth-order valence-electron chi connectivity index (χ4n) is 1.47. The molecule has 0 saturated heterocycles. The Balaban J connectivity index is 2.68. The van der Waals surface area contributed by atoms with Crippen molar-refractivity contribution in [3.8, 4) is 0 Å². The summed E-state index contributed by atoms with van der Waals surface area (Å²) in [5, 5.41) is 13.3. The molecule has 0 aromatic heterocycles. The number of carbonyl (C=O) groups is 2. The van der Waals surface area contributed by atoms with E-state index in [1.54, 1.807) is 0 Å². The topological polar surface area (TPSA) is 98.5 Å². The monoisotopic (exact) mass is 378 g/mol. The van der Waals surface area contributed by atoms with Crippen LogP contribution >= 0.6 is 31.9 Å². The summed E-state index contributed by atoms with van der Waals surface area (Å²) in [4.78, 5) is 32.8. The second-order valence-electron chi connectivity index (χ2n) is 3.33. The zero-order chi connectivity index (χ0) is 13.4. The maximum Gasteiger partial charge on any atom is 0.397 e. The quantitative estimate of drug-likeness (QED) is 0.348. The van der Waals surface area contributed by atoms with Crippen molar-refractivity contribution < 1.29 is 19.2 Å². The third-order valence-electron chi connectivity index (χ3n) is 2.26. The van der Waals surface area contributed by atoms with Gasteiger partial charge >= 0.3 is 11.9 Å². The van der Waals surface area contributed by atoms with E-state index in [4.69, 9.17) is 0 Å². The minimum Gasteiger partial charge on any atom is -0.453 e. The highest BCUT2D eigenvalue weighted by Crippen LogP contribution is 2.40. The largest absolute Gasteiger partial charge is 0.453 e. The Hall–Kier alpha value is -1.48. The van der Waals surface area contributed by atoms with Crippen molar-refractivity contribution in [2.45, 2.75) is 6.61 Å². The molecule has 94 valence electrons. The van der Waals surface area contributed by atoms with Gasteiger partial charge in [-0.15, -0.1) is 0 Å². The van der Waals surface area contributed by atoms with E-state index in [1.165, 1.54) is 6.07 Å². The number of anilines is 1. The van der Waals surface area contributed by atoms with Crippen LogP contribution in [0, 0.1) is 10.1 Å². The van der Waals surface area contributed by atoms with E-state index < -0.39 is 16.8 Å². The molecule has 0 saturated carbocycles. The maximum atomic E-state index is 11.3. The number of amides is 1. The molecule has 18 heavy (non-hydrogen) atoms. The number of nitro benzene ring substituents is 1. The first-order chi connectivity index (χ1) is 8.41. The highest BCUT2D eigenvalue weighted by Gasteiger charge is 2.31. The minimum absolute atomic E-state index is 0.134. The molecule has 7 nitrogen and oxygen atoms in total. The van der Waals surface area contributed by atoms with Gasteiger partial charge in [-0.05, 0) is 37.9 Å². The first-order valence-electron chi connectivity index (χ1n) is 4.55. The summed E-state index contributed by atoms with van der Waals surface area (Å²) in [5.41, 5.74) is 0.0521. The van der Waals surface area contributed by atoms with E-state index in [0.29, 0.717) is 4.47 Å². The van der Waals surface area contributed by atoms with Gasteiger partial charge in [-0.2, -0.15) is 0 Å². The van der Waals surface area contributed by atoms with Gasteiger partial charge in [-0.3, -0.25) is 14.9 Å². The predicted octanol–water partition coefficient (Wildman–Crippen LogP) is 2.12. The van der Waals surface area contributed by atoms with Crippen LogP contribution in [0.3, 0.4) is 0 Å². The molecule has 0 fully saturated rings. The summed E-state index contributed by atoms with van der Waals surface area (Å²) in [7, 11) is 0. The maximum absolute atomic E-state index is 11.3. The van der Waals surface area contributed by atoms with Crippen LogP contribution in [-0.4, -0.2) is 16.8 Å². The lowest BCUT2D eigenvalue weighted by molar-refractivity contribution is -0.386. The average molecular weight is 380 g/mol. The van der Waals surface area contributed by atoms with E-state index in [0.717, 1.165) is 0 Å². The minimum atomic E-state index is -1.08. The van der Waals surface area contributed by atoms with E-state index >= 15 is 0 Å². The molecule has 1 N–H and O–H groups in total. The van der Waals surface area contributed by atoms with Crippen molar-refractivity contribution in [1.29, 1.82) is 0 Å². The molecular weight excluding hydrogens is 376 g/mol. The number of hydrogen-bond donors (Lipinski definition) is 1. The Labute approximate surface area is 117 Å². The van der Waals surface area contributed by atoms with Gasteiger partial charge in [0.2, 0.25) is 0 Å². The Bertz CT molecular complexity index is 587. The van der Waals surface area contributed by atoms with Gasteiger partial charge < -0.3 is 10.1 Å². The third kappa shape index (κ3) is 2.10. The molecule has 0 aliphatic carbocycles. The zero-order valence-electron chi connectivity index (χ0n) is 8.53. The highest BCUT2D eigenvalue weighted by atomic mass is 79.9. The Kier molecular flexibility index (Phi) is 3.35. The molecule has 1 aliphatic rings. The molecule has 0 unspecified atom stereocenters. The van der Waals surface area contributed by atoms with Gasteiger partial charge in [0, 0.05) is 4.47 Å². The fourth-order valence-corrected chi connectivity index (χ4v) is 2.39. The number of hydrogen-bond acceptors (Lipinski definition) is 5. The fraction of sp³-hybridized carbons (Fsp3) is 0.111. The molecule has 0 radical (unpaired) electrons. The van der Waals surface area contributed by atoms with Crippen LogP contribution in [0.15, 0.2) is 15.0 Å². The summed E-state index contributed by atoms with van der Waals surface area (Å²) in [6, 6.07) is 1.46. The molecule has 0 bridgehead atoms. The molecule has 1 amide bonds. The predicted molar refractivity (Wildman–Crippen MR) is 66.9 cm³/mol. The molecule has 2 rings (SSSR count). The molecular formula is C9H4Br2N2O5. The molecule has 1 aliphatic heterocycles. The molecule has 1 aromatic rings. The van der Waals surface area contributed by atoms with Gasteiger partial charge in [-0.1, -0.05) is 0 Å². The van der Waals surface area contributed by atoms with E-state index in [-0.39, 0.29) is 28.0 Å². The van der Waals surface area contributed by atoms with Gasteiger partial charge in [0.1, 0.15) is 11.1 Å². The van der Waals surface area contributed by atoms with Crippen molar-refractivity contribution >= 4 is 55.1 Å². The van der Waals surface area contributed by atoms with Gasteiger partial charge in [0.05, 0.1) is 16.2 Å². The number of carbonyl (C=O) groups excluding carboxylic acids is 2. The zero-order valence-corrected chi connectivity index (χ0v) is 11.7. The van der Waals surface area contributed by atoms with Crippen LogP contribution in [0.4, 0.5) is 11.4 Å². The second-order valence-corrected chi connectivity index (χ2v) is 4.98. The van der Waals surface area contributed by atoms with Crippen molar-refractivity contribution in [3.05, 3.63) is 30.7 Å². The first kappa shape index (κ1) is 13.0. The van der Waals surface area contributed by atoms with Crippen LogP contribution < -0.4 is 5.32 Å². The van der Waals surface area contributed by atoms with Crippen molar-refractivity contribution in [2.75, 3.05) is 5.32 Å². The number of esters is 1. The number of benzene rings is 1. The van der Waals surface area contributed by atoms with Crippen LogP contribution in [-0.2, 0) is 20.9 Å². The average Bonchev–Trinajstić information content (AvgIpc) is 2.41. The van der Waals surface area contributed by atoms with Crippen molar-refractivity contribution in [1.82, 2.24) is 0 Å². The SMILES string of the molecule is O=C1Nc2cc(Br)c(Br)c([N+](=O)[O-])c2COC1=O. The summed E-state index contributed by atoms with van der Waals surface area (Å²) < 4.78 is 5.25. The normalized spacial score (nSPS) is 14.3. The van der Waals surface area contributed by atoms with Gasteiger partial charge in [0.25, 0.3) is 5.69 Å². The second kappa shape index (κ2) is 4.65. The van der Waals surface area contributed by atoms with E-state index in [9.17, 15) is 19.7 Å². The third-order valence-corrected chi connectivity index (χ3v) is 4.22. The van der Waals surface area contributed by atoms with Crippen molar-refractivity contribution in [2.24, 2.45) is 0 Å². The Morgan fingerprint density at radius 2 is 2.06 bits per heavy atom. The number of halogens is 2. The Morgan fingerprint density at radius 1 is 1.39 bits per heavy atom. The summed E-state index contributed by atoms with van der Waals surface area (Å²) in [6.07, 6.45) is 0. The number of fused-ring (bicyclic) bond motifs is 1. The van der Waals surface area contributed by atoms with Gasteiger partial charge in [0.15, 0.2) is 0 Å². The standard InChI is InChI=1S/C9H4Br2N2O5/c10-4-1-5-3(7(6(4)11)13(16)17)2-18-9(15)8(14)12-5/h1H,2H2,(H,12,14). The van der Waals surface area contributed by atoms with Crippen LogP contribution in [0.5, 0.6) is 0 Å². The van der Waals surface area contributed by atoms with Crippen LogP contribution in [0.25, 0.3) is 0 Å². The molecule has 0 atom stereocenters. The van der Waals surface area contributed by atoms with E-state index in [2.05, 4.69) is 41.9 Å². The lowest BCUT2D eigenvalue weighted by Gasteiger charge is -2.08. The van der Waals surface area contributed by atoms with Crippen molar-refractivity contribution in [3.63, 3.8) is 0 Å². The van der Waals surface area contributed by atoms with Crippen LogP contribution in [0.1, 0.15) is 5.56 Å². The number of nitrogens with one attached hydrogen (secondary N) is 1. The summed E-state index contributed by atoms with van der Waals surface area (Å²) >= 11 is 6.20. The summed E-state index contributed by atoms with van der Waals surface area (Å²) in [6.45, 7) is -0.338. The lowest BCUT2D eigenvalue weighted by Crippen LogP contribution is -2.22. The molecule has 1 heterocycles. The smallest absolute Gasteiger partial charge is 0.397 e. The number of ether oxygens (including phenoxy) is 1. The summed E-state index contributed by atoms with van der Waals surface area (Å²) in [5.74, 6) is -2.04. The Morgan fingerprint density at radius 3 is 2.67 bits per heavy atom. The van der Waals surface area contributed by atoms with E-state index in [1.807, 2.05) is 0 Å². The lowest BCUT2D eigenvalue weighted by atomic mass is 10.1. The van der Waals surface area contributed by atoms with Crippen LogP contribution in [0.2, 0.25) is 0 Å². The molecule has 9 heteroatoms. The molecule has 0 spiro atoms. The first-order valence-corrected chi connectivity index (χ1v) is 6.13. The number of cyclic esters (lactones) is 1. The molecule has 1 aromatic carbocycles. The number of rotatable bonds is 1. The number of nitro groups is 1. The highest BCUT2D eigenvalue weighted by molar-refractivity contribution is 9.13. The van der Waals surface area contributed by atoms with Gasteiger partial charge in [-0.25, -0.2) is 4.79 Å². The number of nitrogens with zero attached hydrogens (tertiary/aromatic N) is 1.